The summed E-state index contributed by atoms with van der Waals surface area (Å²) < 4.78 is 11.1. The Morgan fingerprint density at radius 3 is 2.89 bits per heavy atom. The van der Waals surface area contributed by atoms with E-state index in [0.717, 1.165) is 38.1 Å². The highest BCUT2D eigenvalue weighted by atomic mass is 16.5. The zero-order valence-corrected chi connectivity index (χ0v) is 12.0. The normalized spacial score (nSPS) is 21.9. The summed E-state index contributed by atoms with van der Waals surface area (Å²) in [5.41, 5.74) is 0.0209. The van der Waals surface area contributed by atoms with Gasteiger partial charge in [0.1, 0.15) is 12.1 Å². The van der Waals surface area contributed by atoms with E-state index in [0.29, 0.717) is 11.9 Å². The lowest BCUT2D eigenvalue weighted by Gasteiger charge is -2.40. The number of hydrogen-bond acceptors (Lipinski definition) is 5. The summed E-state index contributed by atoms with van der Waals surface area (Å²) in [6.07, 6.45) is 5.65. The van der Waals surface area contributed by atoms with E-state index in [1.807, 2.05) is 6.07 Å². The average Bonchev–Trinajstić information content (AvgIpc) is 2.47. The summed E-state index contributed by atoms with van der Waals surface area (Å²) in [5, 5.41) is 3.47. The van der Waals surface area contributed by atoms with Crippen molar-refractivity contribution in [1.82, 2.24) is 9.97 Å². The summed E-state index contributed by atoms with van der Waals surface area (Å²) in [5.74, 6) is 1.40. The molecule has 1 atom stereocenters. The molecule has 2 rings (SSSR count). The van der Waals surface area contributed by atoms with Gasteiger partial charge in [0.2, 0.25) is 5.88 Å². The molecule has 1 aromatic rings. The number of nitrogens with one attached hydrogen (secondary N) is 1. The molecule has 1 N–H and O–H groups in total. The molecule has 2 heterocycles. The molecule has 0 aromatic carbocycles. The predicted octanol–water partition coefficient (Wildman–Crippen LogP) is 2.63. The third-order valence-electron chi connectivity index (χ3n) is 3.98. The summed E-state index contributed by atoms with van der Waals surface area (Å²) in [4.78, 5) is 8.25. The highest BCUT2D eigenvalue weighted by molar-refractivity contribution is 5.38. The van der Waals surface area contributed by atoms with Crippen molar-refractivity contribution in [2.24, 2.45) is 0 Å². The maximum Gasteiger partial charge on any atom is 0.218 e. The van der Waals surface area contributed by atoms with Gasteiger partial charge in [-0.1, -0.05) is 13.8 Å². The second-order valence-electron chi connectivity index (χ2n) is 5.02. The molecule has 0 radical (unpaired) electrons. The summed E-state index contributed by atoms with van der Waals surface area (Å²) >= 11 is 0. The molecule has 5 nitrogen and oxygen atoms in total. The van der Waals surface area contributed by atoms with Crippen LogP contribution in [0.3, 0.4) is 0 Å². The van der Waals surface area contributed by atoms with Crippen LogP contribution in [0.2, 0.25) is 0 Å². The first kappa shape index (κ1) is 14.1. The fraction of sp³-hybridized carbons (Fsp3) is 0.714. The molecule has 1 aliphatic heterocycles. The van der Waals surface area contributed by atoms with Gasteiger partial charge in [0.05, 0.1) is 12.7 Å². The third-order valence-corrected chi connectivity index (χ3v) is 3.98. The van der Waals surface area contributed by atoms with E-state index < -0.39 is 0 Å². The Hall–Kier alpha value is -1.36. The molecule has 1 unspecified atom stereocenters. The van der Waals surface area contributed by atoms with E-state index in [1.54, 1.807) is 7.11 Å². The Labute approximate surface area is 114 Å². The van der Waals surface area contributed by atoms with Gasteiger partial charge < -0.3 is 14.8 Å². The van der Waals surface area contributed by atoms with Crippen molar-refractivity contribution < 1.29 is 9.47 Å². The van der Waals surface area contributed by atoms with Crippen molar-refractivity contribution in [2.75, 3.05) is 19.0 Å². The van der Waals surface area contributed by atoms with Gasteiger partial charge in [-0.2, -0.15) is 0 Å². The lowest BCUT2D eigenvalue weighted by Crippen LogP contribution is -2.43. The Balaban J connectivity index is 2.02. The molecule has 0 aliphatic carbocycles. The van der Waals surface area contributed by atoms with Crippen LogP contribution in [0.15, 0.2) is 12.4 Å². The molecule has 19 heavy (non-hydrogen) atoms. The van der Waals surface area contributed by atoms with Gasteiger partial charge >= 0.3 is 0 Å². The third kappa shape index (κ3) is 3.35. The van der Waals surface area contributed by atoms with Crippen molar-refractivity contribution in [1.29, 1.82) is 0 Å². The Morgan fingerprint density at radius 2 is 2.21 bits per heavy atom. The first-order chi connectivity index (χ1) is 9.21. The van der Waals surface area contributed by atoms with Gasteiger partial charge in [-0.3, -0.25) is 0 Å². The minimum Gasteiger partial charge on any atom is -0.481 e. The molecule has 1 fully saturated rings. The minimum atomic E-state index is 0.0209. The molecule has 0 saturated carbocycles. The molecule has 1 aliphatic rings. The number of methoxy groups -OCH3 is 1. The Kier molecular flexibility index (Phi) is 4.58. The van der Waals surface area contributed by atoms with E-state index in [9.17, 15) is 0 Å². The number of ether oxygens (including phenoxy) is 2. The van der Waals surface area contributed by atoms with E-state index in [-0.39, 0.29) is 5.60 Å². The van der Waals surface area contributed by atoms with Crippen molar-refractivity contribution in [3.63, 3.8) is 0 Å². The molecule has 5 heteroatoms. The first-order valence-electron chi connectivity index (χ1n) is 6.98. The first-order valence-corrected chi connectivity index (χ1v) is 6.98. The molecule has 106 valence electrons. The molecule has 0 spiro atoms. The zero-order chi connectivity index (χ0) is 13.7. The predicted molar refractivity (Wildman–Crippen MR) is 74.5 cm³/mol. The van der Waals surface area contributed by atoms with Crippen LogP contribution < -0.4 is 10.1 Å². The van der Waals surface area contributed by atoms with E-state index in [2.05, 4.69) is 29.1 Å². The van der Waals surface area contributed by atoms with Crippen molar-refractivity contribution in [3.8, 4) is 5.88 Å². The SMILES string of the molecule is CCC1(CC)CC(Nc2cc(OC)ncn2)CCO1. The minimum absolute atomic E-state index is 0.0209. The summed E-state index contributed by atoms with van der Waals surface area (Å²) in [6.45, 7) is 5.20. The zero-order valence-electron chi connectivity index (χ0n) is 12.0. The topological polar surface area (TPSA) is 56.3 Å². The fourth-order valence-electron chi connectivity index (χ4n) is 2.63. The number of hydrogen-bond donors (Lipinski definition) is 1. The second kappa shape index (κ2) is 6.19. The van der Waals surface area contributed by atoms with Gasteiger partial charge in [-0.15, -0.1) is 0 Å². The second-order valence-corrected chi connectivity index (χ2v) is 5.02. The van der Waals surface area contributed by atoms with E-state index >= 15 is 0 Å². The monoisotopic (exact) mass is 265 g/mol. The lowest BCUT2D eigenvalue weighted by molar-refractivity contribution is -0.0864. The average molecular weight is 265 g/mol. The van der Waals surface area contributed by atoms with E-state index in [4.69, 9.17) is 9.47 Å². The highest BCUT2D eigenvalue weighted by Crippen LogP contribution is 2.32. The number of nitrogens with zero attached hydrogens (tertiary/aromatic N) is 2. The molecule has 1 saturated heterocycles. The van der Waals surface area contributed by atoms with Crippen LogP contribution in [0.25, 0.3) is 0 Å². The number of aromatic nitrogens is 2. The van der Waals surface area contributed by atoms with Crippen LogP contribution >= 0.6 is 0 Å². The molecular weight excluding hydrogens is 242 g/mol. The van der Waals surface area contributed by atoms with Gasteiger partial charge in [0, 0.05) is 18.7 Å². The van der Waals surface area contributed by atoms with Gasteiger partial charge in [0.15, 0.2) is 0 Å². The standard InChI is InChI=1S/C14H23N3O2/c1-4-14(5-2)9-11(6-7-19-14)17-12-8-13(18-3)16-10-15-12/h8,10-11H,4-7,9H2,1-3H3,(H,15,16,17). The molecular formula is C14H23N3O2. The molecule has 0 amide bonds. The Bertz CT molecular complexity index is 407. The summed E-state index contributed by atoms with van der Waals surface area (Å²) in [6, 6.07) is 2.22. The Morgan fingerprint density at radius 1 is 1.42 bits per heavy atom. The van der Waals surface area contributed by atoms with Crippen LogP contribution in [0.4, 0.5) is 5.82 Å². The number of anilines is 1. The van der Waals surface area contributed by atoms with Crippen LogP contribution in [-0.4, -0.2) is 35.3 Å². The van der Waals surface area contributed by atoms with Crippen LogP contribution in [0, 0.1) is 0 Å². The van der Waals surface area contributed by atoms with Crippen LogP contribution in [-0.2, 0) is 4.74 Å². The fourth-order valence-corrected chi connectivity index (χ4v) is 2.63. The van der Waals surface area contributed by atoms with Gasteiger partial charge in [0.25, 0.3) is 0 Å². The number of rotatable bonds is 5. The lowest BCUT2D eigenvalue weighted by atomic mass is 9.86. The largest absolute Gasteiger partial charge is 0.481 e. The molecule has 0 bridgehead atoms. The highest BCUT2D eigenvalue weighted by Gasteiger charge is 2.34. The molecule has 1 aromatic heterocycles. The van der Waals surface area contributed by atoms with E-state index in [1.165, 1.54) is 6.33 Å². The van der Waals surface area contributed by atoms with Crippen molar-refractivity contribution in [2.45, 2.75) is 51.2 Å². The van der Waals surface area contributed by atoms with Crippen molar-refractivity contribution in [3.05, 3.63) is 12.4 Å². The van der Waals surface area contributed by atoms with Crippen LogP contribution in [0.5, 0.6) is 5.88 Å². The quantitative estimate of drug-likeness (QED) is 0.887. The van der Waals surface area contributed by atoms with Crippen LogP contribution in [0.1, 0.15) is 39.5 Å². The maximum absolute atomic E-state index is 5.98. The summed E-state index contributed by atoms with van der Waals surface area (Å²) in [7, 11) is 1.61. The van der Waals surface area contributed by atoms with Gasteiger partial charge in [-0.05, 0) is 25.7 Å². The maximum atomic E-state index is 5.98. The van der Waals surface area contributed by atoms with Gasteiger partial charge in [-0.25, -0.2) is 9.97 Å². The van der Waals surface area contributed by atoms with Crippen molar-refractivity contribution >= 4 is 5.82 Å². The smallest absolute Gasteiger partial charge is 0.218 e.